The highest BCUT2D eigenvalue weighted by Crippen LogP contribution is 2.24. The van der Waals surface area contributed by atoms with Crippen molar-refractivity contribution in [3.8, 4) is 0 Å². The minimum Gasteiger partial charge on any atom is -0.383 e. The number of sulfonamides is 1. The second-order valence-electron chi connectivity index (χ2n) is 8.40. The van der Waals surface area contributed by atoms with E-state index in [9.17, 15) is 13.2 Å². The molecular formula is C25H35N3O5S. The van der Waals surface area contributed by atoms with E-state index < -0.39 is 10.0 Å². The zero-order valence-corrected chi connectivity index (χ0v) is 20.9. The molecule has 1 heterocycles. The van der Waals surface area contributed by atoms with Gasteiger partial charge in [-0.05, 0) is 49.6 Å². The van der Waals surface area contributed by atoms with E-state index in [1.165, 1.54) is 9.87 Å². The maximum atomic E-state index is 13.1. The van der Waals surface area contributed by atoms with Crippen LogP contribution in [0.2, 0.25) is 0 Å². The maximum Gasteiger partial charge on any atom is 0.243 e. The van der Waals surface area contributed by atoms with Gasteiger partial charge in [-0.1, -0.05) is 36.4 Å². The van der Waals surface area contributed by atoms with Gasteiger partial charge in [-0.3, -0.25) is 9.69 Å². The third-order valence-corrected chi connectivity index (χ3v) is 7.86. The summed E-state index contributed by atoms with van der Waals surface area (Å²) in [4.78, 5) is 15.1. The predicted molar refractivity (Wildman–Crippen MR) is 132 cm³/mol. The molecule has 2 aromatic rings. The van der Waals surface area contributed by atoms with E-state index in [1.807, 2.05) is 18.2 Å². The number of ether oxygens (including phenoxy) is 2. The highest BCUT2D eigenvalue weighted by atomic mass is 32.2. The number of methoxy groups -OCH3 is 1. The Kier molecular flexibility index (Phi) is 10.0. The molecule has 8 nitrogen and oxygen atoms in total. The lowest BCUT2D eigenvalue weighted by atomic mass is 10.1. The van der Waals surface area contributed by atoms with Crippen molar-refractivity contribution < 1.29 is 22.7 Å². The van der Waals surface area contributed by atoms with Gasteiger partial charge in [0, 0.05) is 32.4 Å². The average Bonchev–Trinajstić information content (AvgIpc) is 2.84. The highest BCUT2D eigenvalue weighted by molar-refractivity contribution is 7.89. The number of amides is 1. The number of hydrogen-bond acceptors (Lipinski definition) is 6. The largest absolute Gasteiger partial charge is 0.383 e. The average molecular weight is 490 g/mol. The van der Waals surface area contributed by atoms with Crippen molar-refractivity contribution in [2.24, 2.45) is 0 Å². The number of anilines is 1. The van der Waals surface area contributed by atoms with E-state index >= 15 is 0 Å². The molecule has 0 spiro atoms. The van der Waals surface area contributed by atoms with Crippen molar-refractivity contribution in [3.05, 3.63) is 59.7 Å². The molecule has 0 radical (unpaired) electrons. The Hall–Kier alpha value is -2.30. The summed E-state index contributed by atoms with van der Waals surface area (Å²) in [5, 5.41) is 2.87. The van der Waals surface area contributed by atoms with Crippen molar-refractivity contribution in [1.29, 1.82) is 0 Å². The standard InChI is InChI=1S/C25H35N3O5S/c1-21-10-11-23(19-24(21)34(30,31)28-14-17-33-18-15-28)26-25(29)20-27(13-16-32-2)12-6-9-22-7-4-3-5-8-22/h3-5,7-8,10-11,19H,6,9,12-18,20H2,1-2H3,(H,26,29). The molecule has 1 aliphatic rings. The highest BCUT2D eigenvalue weighted by Gasteiger charge is 2.28. The molecular weight excluding hydrogens is 454 g/mol. The van der Waals surface area contributed by atoms with Crippen LogP contribution in [-0.4, -0.2) is 83.2 Å². The predicted octanol–water partition coefficient (Wildman–Crippen LogP) is 2.54. The zero-order chi connectivity index (χ0) is 24.4. The summed E-state index contributed by atoms with van der Waals surface area (Å²) in [6, 6.07) is 15.3. The lowest BCUT2D eigenvalue weighted by molar-refractivity contribution is -0.117. The number of benzene rings is 2. The van der Waals surface area contributed by atoms with E-state index in [0.29, 0.717) is 50.7 Å². The molecule has 0 aromatic heterocycles. The van der Waals surface area contributed by atoms with Gasteiger partial charge < -0.3 is 14.8 Å². The molecule has 186 valence electrons. The lowest BCUT2D eigenvalue weighted by Gasteiger charge is -2.27. The molecule has 0 bridgehead atoms. The van der Waals surface area contributed by atoms with E-state index in [0.717, 1.165) is 19.4 Å². The minimum absolute atomic E-state index is 0.186. The number of nitrogens with one attached hydrogen (secondary N) is 1. The molecule has 2 aromatic carbocycles. The number of carbonyl (C=O) groups is 1. The number of morpholine rings is 1. The number of carbonyl (C=O) groups excluding carboxylic acids is 1. The van der Waals surface area contributed by atoms with E-state index in [-0.39, 0.29) is 17.3 Å². The van der Waals surface area contributed by atoms with Gasteiger partial charge in [0.1, 0.15) is 0 Å². The summed E-state index contributed by atoms with van der Waals surface area (Å²) in [7, 11) is -2.01. The fourth-order valence-electron chi connectivity index (χ4n) is 3.93. The van der Waals surface area contributed by atoms with Crippen LogP contribution in [0.5, 0.6) is 0 Å². The monoisotopic (exact) mass is 489 g/mol. The molecule has 1 amide bonds. The summed E-state index contributed by atoms with van der Waals surface area (Å²) in [5.41, 5.74) is 2.39. The molecule has 1 saturated heterocycles. The molecule has 0 saturated carbocycles. The third-order valence-electron chi connectivity index (χ3n) is 5.82. The summed E-state index contributed by atoms with van der Waals surface area (Å²) in [6.45, 7) is 5.33. The van der Waals surface area contributed by atoms with Crippen molar-refractivity contribution in [2.75, 3.05) is 65.0 Å². The van der Waals surface area contributed by atoms with Crippen molar-refractivity contribution >= 4 is 21.6 Å². The molecule has 0 atom stereocenters. The van der Waals surface area contributed by atoms with Gasteiger partial charge >= 0.3 is 0 Å². The van der Waals surface area contributed by atoms with Gasteiger partial charge in [-0.15, -0.1) is 0 Å². The quantitative estimate of drug-likeness (QED) is 0.493. The molecule has 9 heteroatoms. The first-order valence-corrected chi connectivity index (χ1v) is 13.1. The maximum absolute atomic E-state index is 13.1. The van der Waals surface area contributed by atoms with Crippen LogP contribution in [0.3, 0.4) is 0 Å². The lowest BCUT2D eigenvalue weighted by Crippen LogP contribution is -2.40. The Bertz CT molecular complexity index is 1020. The van der Waals surface area contributed by atoms with E-state index in [2.05, 4.69) is 22.3 Å². The Labute approximate surface area is 202 Å². The Balaban J connectivity index is 1.61. The van der Waals surface area contributed by atoms with Crippen molar-refractivity contribution in [2.45, 2.75) is 24.7 Å². The number of hydrogen-bond donors (Lipinski definition) is 1. The molecule has 3 rings (SSSR count). The third kappa shape index (κ3) is 7.61. The van der Waals surface area contributed by atoms with Gasteiger partial charge in [-0.2, -0.15) is 4.31 Å². The van der Waals surface area contributed by atoms with Crippen LogP contribution in [0.15, 0.2) is 53.4 Å². The van der Waals surface area contributed by atoms with Gasteiger partial charge in [-0.25, -0.2) is 8.42 Å². The first kappa shape index (κ1) is 26.3. The number of rotatable bonds is 12. The molecule has 0 unspecified atom stereocenters. The second-order valence-corrected chi connectivity index (χ2v) is 10.3. The van der Waals surface area contributed by atoms with E-state index in [4.69, 9.17) is 9.47 Å². The van der Waals surface area contributed by atoms with Gasteiger partial charge in [0.05, 0.1) is 31.3 Å². The van der Waals surface area contributed by atoms with Crippen LogP contribution in [-0.2, 0) is 30.7 Å². The number of aryl methyl sites for hydroxylation is 2. The Morgan fingerprint density at radius 3 is 2.56 bits per heavy atom. The second kappa shape index (κ2) is 13.0. The summed E-state index contributed by atoms with van der Waals surface area (Å²) in [5.74, 6) is -0.186. The molecule has 1 N–H and O–H groups in total. The molecule has 1 fully saturated rings. The summed E-state index contributed by atoms with van der Waals surface area (Å²) in [6.07, 6.45) is 1.86. The summed E-state index contributed by atoms with van der Waals surface area (Å²) >= 11 is 0. The topological polar surface area (TPSA) is 88.2 Å². The first-order valence-electron chi connectivity index (χ1n) is 11.6. The SMILES string of the molecule is COCCN(CCCc1ccccc1)CC(=O)Nc1ccc(C)c(S(=O)(=O)N2CCOCC2)c1. The Morgan fingerprint density at radius 1 is 1.12 bits per heavy atom. The van der Waals surface area contributed by atoms with Gasteiger partial charge in [0.15, 0.2) is 0 Å². The smallest absolute Gasteiger partial charge is 0.243 e. The first-order chi connectivity index (χ1) is 16.4. The normalized spacial score (nSPS) is 14.9. The van der Waals surface area contributed by atoms with Crippen LogP contribution >= 0.6 is 0 Å². The molecule has 1 aliphatic heterocycles. The van der Waals surface area contributed by atoms with Crippen LogP contribution in [0.25, 0.3) is 0 Å². The fourth-order valence-corrected chi connectivity index (χ4v) is 5.59. The van der Waals surface area contributed by atoms with Gasteiger partial charge in [0.2, 0.25) is 15.9 Å². The van der Waals surface area contributed by atoms with Crippen LogP contribution < -0.4 is 5.32 Å². The minimum atomic E-state index is -3.65. The summed E-state index contributed by atoms with van der Waals surface area (Å²) < 4.78 is 38.1. The zero-order valence-electron chi connectivity index (χ0n) is 20.0. The van der Waals surface area contributed by atoms with Crippen LogP contribution in [0.1, 0.15) is 17.5 Å². The molecule has 34 heavy (non-hydrogen) atoms. The van der Waals surface area contributed by atoms with Crippen LogP contribution in [0.4, 0.5) is 5.69 Å². The van der Waals surface area contributed by atoms with Crippen molar-refractivity contribution in [1.82, 2.24) is 9.21 Å². The Morgan fingerprint density at radius 2 is 1.85 bits per heavy atom. The molecule has 0 aliphatic carbocycles. The van der Waals surface area contributed by atoms with Crippen LogP contribution in [0, 0.1) is 6.92 Å². The van der Waals surface area contributed by atoms with Crippen molar-refractivity contribution in [3.63, 3.8) is 0 Å². The van der Waals surface area contributed by atoms with Gasteiger partial charge in [0.25, 0.3) is 0 Å². The number of nitrogens with zero attached hydrogens (tertiary/aromatic N) is 2. The van der Waals surface area contributed by atoms with E-state index in [1.54, 1.807) is 32.2 Å². The fraction of sp³-hybridized carbons (Fsp3) is 0.480.